The standard InChI is InChI=1S/C27H30FN3O/c28-24-6-2-1-5-23(24)21-7-9-22(10-8-21)27-25-18-30(17-20-11-13-29-14-12-20)15-3-4-16-31(25)26(27)19-32/h1-2,5-14,25-27,32H,3-4,15-19H2/t25-,26-,27+/m0/s1. The first-order chi connectivity index (χ1) is 15.7. The summed E-state index contributed by atoms with van der Waals surface area (Å²) < 4.78 is 14.2. The molecule has 3 heterocycles. The molecular weight excluding hydrogens is 401 g/mol. The predicted octanol–water partition coefficient (Wildman–Crippen LogP) is 4.31. The lowest BCUT2D eigenvalue weighted by atomic mass is 9.74. The molecule has 2 saturated heterocycles. The molecule has 0 unspecified atom stereocenters. The number of aliphatic hydroxyl groups excluding tert-OH is 1. The minimum Gasteiger partial charge on any atom is -0.395 e. The zero-order valence-corrected chi connectivity index (χ0v) is 18.3. The summed E-state index contributed by atoms with van der Waals surface area (Å²) in [6.07, 6.45) is 6.04. The average Bonchev–Trinajstić information content (AvgIpc) is 2.81. The van der Waals surface area contributed by atoms with Crippen LogP contribution < -0.4 is 0 Å². The number of halogens is 1. The van der Waals surface area contributed by atoms with Crippen LogP contribution in [0.2, 0.25) is 0 Å². The molecule has 2 aliphatic rings. The van der Waals surface area contributed by atoms with Gasteiger partial charge >= 0.3 is 0 Å². The number of hydrogen-bond donors (Lipinski definition) is 1. The van der Waals surface area contributed by atoms with E-state index in [-0.39, 0.29) is 24.4 Å². The lowest BCUT2D eigenvalue weighted by Crippen LogP contribution is -2.67. The Labute approximate surface area is 189 Å². The van der Waals surface area contributed by atoms with Crippen molar-refractivity contribution in [3.8, 4) is 11.1 Å². The monoisotopic (exact) mass is 431 g/mol. The van der Waals surface area contributed by atoms with Gasteiger partial charge in [-0.1, -0.05) is 42.5 Å². The van der Waals surface area contributed by atoms with E-state index >= 15 is 0 Å². The van der Waals surface area contributed by atoms with Crippen LogP contribution in [0.25, 0.3) is 11.1 Å². The van der Waals surface area contributed by atoms with Crippen LogP contribution in [0.4, 0.5) is 4.39 Å². The van der Waals surface area contributed by atoms with Crippen LogP contribution in [0.5, 0.6) is 0 Å². The van der Waals surface area contributed by atoms with Crippen molar-refractivity contribution in [3.63, 3.8) is 0 Å². The van der Waals surface area contributed by atoms with Gasteiger partial charge in [-0.25, -0.2) is 4.39 Å². The van der Waals surface area contributed by atoms with Gasteiger partial charge in [0.15, 0.2) is 0 Å². The molecule has 0 spiro atoms. The van der Waals surface area contributed by atoms with Crippen molar-refractivity contribution < 1.29 is 9.50 Å². The molecule has 0 bridgehead atoms. The van der Waals surface area contributed by atoms with E-state index in [1.807, 2.05) is 36.7 Å². The van der Waals surface area contributed by atoms with E-state index < -0.39 is 0 Å². The Morgan fingerprint density at radius 3 is 2.44 bits per heavy atom. The third kappa shape index (κ3) is 4.20. The van der Waals surface area contributed by atoms with Gasteiger partial charge < -0.3 is 5.11 Å². The number of hydrogen-bond acceptors (Lipinski definition) is 4. The van der Waals surface area contributed by atoms with E-state index in [2.05, 4.69) is 39.0 Å². The van der Waals surface area contributed by atoms with E-state index in [1.165, 1.54) is 23.6 Å². The van der Waals surface area contributed by atoms with Crippen LogP contribution in [0.3, 0.4) is 0 Å². The summed E-state index contributed by atoms with van der Waals surface area (Å²) in [5.74, 6) is 0.0859. The molecule has 166 valence electrons. The van der Waals surface area contributed by atoms with Gasteiger partial charge in [0, 0.05) is 49.0 Å². The van der Waals surface area contributed by atoms with Crippen LogP contribution >= 0.6 is 0 Å². The highest BCUT2D eigenvalue weighted by atomic mass is 19.1. The zero-order valence-electron chi connectivity index (χ0n) is 18.3. The number of fused-ring (bicyclic) bond motifs is 1. The van der Waals surface area contributed by atoms with Crippen LogP contribution in [-0.2, 0) is 6.54 Å². The lowest BCUT2D eigenvalue weighted by molar-refractivity contribution is -0.0655. The number of aliphatic hydroxyl groups is 1. The minimum atomic E-state index is -0.199. The zero-order chi connectivity index (χ0) is 21.9. The van der Waals surface area contributed by atoms with Gasteiger partial charge in [0.1, 0.15) is 5.82 Å². The van der Waals surface area contributed by atoms with Crippen LogP contribution in [-0.4, -0.2) is 58.2 Å². The maximum atomic E-state index is 14.2. The van der Waals surface area contributed by atoms with Gasteiger partial charge in [-0.2, -0.15) is 0 Å². The molecular formula is C27H30FN3O. The molecule has 2 aliphatic heterocycles. The van der Waals surface area contributed by atoms with E-state index in [9.17, 15) is 9.50 Å². The van der Waals surface area contributed by atoms with Crippen molar-refractivity contribution in [2.45, 2.75) is 37.4 Å². The van der Waals surface area contributed by atoms with Crippen LogP contribution in [0, 0.1) is 5.82 Å². The maximum Gasteiger partial charge on any atom is 0.131 e. The van der Waals surface area contributed by atoms with Crippen LogP contribution in [0.15, 0.2) is 73.1 Å². The number of rotatable bonds is 5. The number of nitrogens with zero attached hydrogens (tertiary/aromatic N) is 3. The highest BCUT2D eigenvalue weighted by Gasteiger charge is 2.49. The first-order valence-corrected chi connectivity index (χ1v) is 11.6. The summed E-state index contributed by atoms with van der Waals surface area (Å²) in [4.78, 5) is 9.18. The Morgan fingerprint density at radius 2 is 1.69 bits per heavy atom. The van der Waals surface area contributed by atoms with Crippen molar-refractivity contribution in [2.75, 3.05) is 26.2 Å². The lowest BCUT2D eigenvalue weighted by Gasteiger charge is -2.57. The van der Waals surface area contributed by atoms with Gasteiger partial charge in [-0.3, -0.25) is 14.8 Å². The van der Waals surface area contributed by atoms with Gasteiger partial charge in [0.05, 0.1) is 6.61 Å². The number of aromatic nitrogens is 1. The first kappa shape index (κ1) is 21.3. The quantitative estimate of drug-likeness (QED) is 0.653. The Hall–Kier alpha value is -2.60. The predicted molar refractivity (Wildman–Crippen MR) is 125 cm³/mol. The topological polar surface area (TPSA) is 39.6 Å². The van der Waals surface area contributed by atoms with E-state index in [0.29, 0.717) is 11.6 Å². The fraction of sp³-hybridized carbons (Fsp3) is 0.370. The summed E-state index contributed by atoms with van der Waals surface area (Å²) >= 11 is 0. The highest BCUT2D eigenvalue weighted by molar-refractivity contribution is 5.64. The Bertz CT molecular complexity index is 1030. The summed E-state index contributed by atoms with van der Waals surface area (Å²) in [6, 6.07) is 19.9. The van der Waals surface area contributed by atoms with Crippen molar-refractivity contribution in [2.24, 2.45) is 0 Å². The molecule has 3 atom stereocenters. The first-order valence-electron chi connectivity index (χ1n) is 11.6. The fourth-order valence-electron chi connectivity index (χ4n) is 5.48. The molecule has 2 fully saturated rings. The molecule has 2 aromatic carbocycles. The van der Waals surface area contributed by atoms with E-state index in [1.54, 1.807) is 6.07 Å². The molecule has 4 nitrogen and oxygen atoms in total. The maximum absolute atomic E-state index is 14.2. The highest BCUT2D eigenvalue weighted by Crippen LogP contribution is 2.42. The van der Waals surface area contributed by atoms with Gasteiger partial charge in [0.25, 0.3) is 0 Å². The molecule has 0 saturated carbocycles. The number of pyridine rings is 1. The molecule has 32 heavy (non-hydrogen) atoms. The van der Waals surface area contributed by atoms with E-state index in [4.69, 9.17) is 0 Å². The Morgan fingerprint density at radius 1 is 0.938 bits per heavy atom. The summed E-state index contributed by atoms with van der Waals surface area (Å²) in [6.45, 7) is 4.22. The molecule has 5 heteroatoms. The molecule has 0 amide bonds. The van der Waals surface area contributed by atoms with Crippen molar-refractivity contribution in [1.29, 1.82) is 0 Å². The van der Waals surface area contributed by atoms with Crippen molar-refractivity contribution in [3.05, 3.63) is 90.0 Å². The van der Waals surface area contributed by atoms with Gasteiger partial charge in [-0.05, 0) is 60.8 Å². The summed E-state index contributed by atoms with van der Waals surface area (Å²) in [5.41, 5.74) is 4.04. The molecule has 0 aliphatic carbocycles. The third-order valence-corrected chi connectivity index (χ3v) is 7.09. The van der Waals surface area contributed by atoms with Crippen molar-refractivity contribution >= 4 is 0 Å². The SMILES string of the molecule is OC[C@H]1[C@H](c2ccc(-c3ccccc3F)cc2)[C@@H]2CN(Cc3ccncc3)CCCCN12. The minimum absolute atomic E-state index is 0.153. The van der Waals surface area contributed by atoms with Gasteiger partial charge in [-0.15, -0.1) is 0 Å². The molecule has 0 radical (unpaired) electrons. The number of benzene rings is 2. The second-order valence-electron chi connectivity index (χ2n) is 8.98. The molecule has 1 N–H and O–H groups in total. The van der Waals surface area contributed by atoms with Crippen LogP contribution in [0.1, 0.15) is 29.9 Å². The fourth-order valence-corrected chi connectivity index (χ4v) is 5.48. The molecule has 5 rings (SSSR count). The summed E-state index contributed by atoms with van der Waals surface area (Å²) in [5, 5.41) is 10.2. The van der Waals surface area contributed by atoms with Gasteiger partial charge in [0.2, 0.25) is 0 Å². The third-order valence-electron chi connectivity index (χ3n) is 7.09. The second kappa shape index (κ2) is 9.49. The normalized spacial score (nSPS) is 24.2. The average molecular weight is 432 g/mol. The summed E-state index contributed by atoms with van der Waals surface area (Å²) in [7, 11) is 0. The largest absolute Gasteiger partial charge is 0.395 e. The van der Waals surface area contributed by atoms with E-state index in [0.717, 1.165) is 38.2 Å². The van der Waals surface area contributed by atoms with Crippen molar-refractivity contribution in [1.82, 2.24) is 14.8 Å². The Kier molecular flexibility index (Phi) is 6.30. The second-order valence-corrected chi connectivity index (χ2v) is 8.98. The smallest absolute Gasteiger partial charge is 0.131 e. The molecule has 3 aromatic rings. The molecule has 1 aromatic heterocycles. The Balaban J connectivity index is 1.37.